The van der Waals surface area contributed by atoms with Gasteiger partial charge in [-0.3, -0.25) is 4.98 Å². The van der Waals surface area contributed by atoms with Gasteiger partial charge in [-0.05, 0) is 36.2 Å². The van der Waals surface area contributed by atoms with Crippen LogP contribution in [0.25, 0.3) is 0 Å². The van der Waals surface area contributed by atoms with Crippen LogP contribution < -0.4 is 5.32 Å². The molecule has 82 valence electrons. The topological polar surface area (TPSA) is 37.8 Å². The van der Waals surface area contributed by atoms with Crippen LogP contribution in [-0.4, -0.2) is 9.97 Å². The zero-order valence-electron chi connectivity index (χ0n) is 8.94. The molecule has 0 spiro atoms. The summed E-state index contributed by atoms with van der Waals surface area (Å²) in [4.78, 5) is 7.92. The van der Waals surface area contributed by atoms with Crippen molar-refractivity contribution >= 4 is 5.82 Å². The number of hydrogen-bond acceptors (Lipinski definition) is 3. The molecular formula is C12H12FN3. The molecule has 0 saturated heterocycles. The first-order valence-electron chi connectivity index (χ1n) is 5.01. The van der Waals surface area contributed by atoms with E-state index in [1.54, 1.807) is 24.7 Å². The lowest BCUT2D eigenvalue weighted by Gasteiger charge is -2.08. The monoisotopic (exact) mass is 217 g/mol. The van der Waals surface area contributed by atoms with E-state index >= 15 is 0 Å². The SMILES string of the molecule is Cc1cnccc1CNc1ncccc1F. The Labute approximate surface area is 93.4 Å². The Morgan fingerprint density at radius 2 is 2.19 bits per heavy atom. The van der Waals surface area contributed by atoms with Crippen LogP contribution in [0.2, 0.25) is 0 Å². The van der Waals surface area contributed by atoms with Crippen molar-refractivity contribution in [1.82, 2.24) is 9.97 Å². The molecule has 0 bridgehead atoms. The summed E-state index contributed by atoms with van der Waals surface area (Å²) in [6.07, 6.45) is 5.06. The van der Waals surface area contributed by atoms with Gasteiger partial charge in [-0.25, -0.2) is 9.37 Å². The molecule has 0 aliphatic rings. The number of nitrogens with zero attached hydrogens (tertiary/aromatic N) is 2. The first-order chi connectivity index (χ1) is 7.77. The molecule has 0 radical (unpaired) electrons. The molecule has 3 nitrogen and oxygen atoms in total. The summed E-state index contributed by atoms with van der Waals surface area (Å²) < 4.78 is 13.3. The Morgan fingerprint density at radius 3 is 2.94 bits per heavy atom. The predicted molar refractivity (Wildman–Crippen MR) is 60.5 cm³/mol. The van der Waals surface area contributed by atoms with Crippen molar-refractivity contribution in [3.8, 4) is 0 Å². The second kappa shape index (κ2) is 4.70. The largest absolute Gasteiger partial charge is 0.364 e. The highest BCUT2D eigenvalue weighted by atomic mass is 19.1. The standard InChI is InChI=1S/C12H12FN3/c1-9-7-14-6-4-10(9)8-16-12-11(13)3-2-5-15-12/h2-7H,8H2,1H3,(H,15,16). The highest BCUT2D eigenvalue weighted by molar-refractivity contribution is 5.37. The molecular weight excluding hydrogens is 205 g/mol. The van der Waals surface area contributed by atoms with Gasteiger partial charge in [0, 0.05) is 25.1 Å². The summed E-state index contributed by atoms with van der Waals surface area (Å²) in [5.74, 6) is -0.0621. The Morgan fingerprint density at radius 1 is 1.31 bits per heavy atom. The minimum Gasteiger partial charge on any atom is -0.364 e. The van der Waals surface area contributed by atoms with Crippen molar-refractivity contribution in [2.45, 2.75) is 13.5 Å². The second-order valence-electron chi connectivity index (χ2n) is 3.49. The van der Waals surface area contributed by atoms with Crippen molar-refractivity contribution in [2.75, 3.05) is 5.32 Å². The summed E-state index contributed by atoms with van der Waals surface area (Å²) in [6.45, 7) is 2.51. The lowest BCUT2D eigenvalue weighted by Crippen LogP contribution is -2.04. The van der Waals surface area contributed by atoms with Gasteiger partial charge in [0.15, 0.2) is 11.6 Å². The molecule has 0 aliphatic carbocycles. The lowest BCUT2D eigenvalue weighted by atomic mass is 10.1. The van der Waals surface area contributed by atoms with Crippen LogP contribution >= 0.6 is 0 Å². The van der Waals surface area contributed by atoms with E-state index in [1.165, 1.54) is 6.07 Å². The smallest absolute Gasteiger partial charge is 0.165 e. The molecule has 0 aliphatic heterocycles. The highest BCUT2D eigenvalue weighted by Crippen LogP contribution is 2.11. The fraction of sp³-hybridized carbons (Fsp3) is 0.167. The summed E-state index contributed by atoms with van der Waals surface area (Å²) in [6, 6.07) is 4.86. The number of halogens is 1. The Bertz CT molecular complexity index is 440. The molecule has 0 unspecified atom stereocenters. The van der Waals surface area contributed by atoms with E-state index in [1.807, 2.05) is 13.0 Å². The molecule has 2 aromatic heterocycles. The molecule has 0 fully saturated rings. The van der Waals surface area contributed by atoms with E-state index in [9.17, 15) is 4.39 Å². The molecule has 2 aromatic rings. The summed E-state index contributed by atoms with van der Waals surface area (Å²) >= 11 is 0. The van der Waals surface area contributed by atoms with E-state index in [-0.39, 0.29) is 11.6 Å². The van der Waals surface area contributed by atoms with Gasteiger partial charge in [-0.15, -0.1) is 0 Å². The number of pyridine rings is 2. The summed E-state index contributed by atoms with van der Waals surface area (Å²) in [5, 5.41) is 2.96. The van der Waals surface area contributed by atoms with Crippen molar-refractivity contribution in [3.05, 3.63) is 53.7 Å². The van der Waals surface area contributed by atoms with Gasteiger partial charge in [0.25, 0.3) is 0 Å². The van der Waals surface area contributed by atoms with Crippen LogP contribution in [0.5, 0.6) is 0 Å². The van der Waals surface area contributed by atoms with Gasteiger partial charge < -0.3 is 5.32 Å². The molecule has 0 amide bonds. The van der Waals surface area contributed by atoms with Gasteiger partial charge in [0.1, 0.15) is 0 Å². The number of anilines is 1. The average molecular weight is 217 g/mol. The number of nitrogens with one attached hydrogen (secondary N) is 1. The molecule has 0 aromatic carbocycles. The summed E-state index contributed by atoms with van der Waals surface area (Å²) in [7, 11) is 0. The molecule has 2 heterocycles. The Hall–Kier alpha value is -1.97. The van der Waals surface area contributed by atoms with Crippen molar-refractivity contribution in [2.24, 2.45) is 0 Å². The van der Waals surface area contributed by atoms with Gasteiger partial charge in [0.05, 0.1) is 0 Å². The van der Waals surface area contributed by atoms with E-state index < -0.39 is 0 Å². The van der Waals surface area contributed by atoms with Crippen LogP contribution in [0.1, 0.15) is 11.1 Å². The molecule has 2 rings (SSSR count). The van der Waals surface area contributed by atoms with Crippen LogP contribution in [0, 0.1) is 12.7 Å². The van der Waals surface area contributed by atoms with Crippen LogP contribution in [0.15, 0.2) is 36.8 Å². The third-order valence-corrected chi connectivity index (χ3v) is 2.34. The van der Waals surface area contributed by atoms with Gasteiger partial charge in [-0.1, -0.05) is 0 Å². The van der Waals surface area contributed by atoms with E-state index in [0.717, 1.165) is 11.1 Å². The lowest BCUT2D eigenvalue weighted by molar-refractivity contribution is 0.624. The molecule has 0 saturated carbocycles. The van der Waals surface area contributed by atoms with E-state index in [4.69, 9.17) is 0 Å². The molecule has 16 heavy (non-hydrogen) atoms. The van der Waals surface area contributed by atoms with Crippen molar-refractivity contribution < 1.29 is 4.39 Å². The van der Waals surface area contributed by atoms with Crippen molar-refractivity contribution in [3.63, 3.8) is 0 Å². The quantitative estimate of drug-likeness (QED) is 0.858. The van der Waals surface area contributed by atoms with Gasteiger partial charge in [-0.2, -0.15) is 0 Å². The maximum Gasteiger partial charge on any atom is 0.165 e. The minimum absolute atomic E-state index is 0.277. The third-order valence-electron chi connectivity index (χ3n) is 2.34. The average Bonchev–Trinajstić information content (AvgIpc) is 2.30. The van der Waals surface area contributed by atoms with E-state index in [0.29, 0.717) is 6.54 Å². The third kappa shape index (κ3) is 2.34. The minimum atomic E-state index is -0.339. The van der Waals surface area contributed by atoms with Gasteiger partial charge in [0.2, 0.25) is 0 Å². The number of aromatic nitrogens is 2. The maximum absolute atomic E-state index is 13.3. The van der Waals surface area contributed by atoms with Crippen LogP contribution in [-0.2, 0) is 6.54 Å². The normalized spacial score (nSPS) is 10.1. The Balaban J connectivity index is 2.09. The summed E-state index contributed by atoms with van der Waals surface area (Å²) in [5.41, 5.74) is 2.16. The maximum atomic E-state index is 13.3. The molecule has 1 N–H and O–H groups in total. The number of aryl methyl sites for hydroxylation is 1. The van der Waals surface area contributed by atoms with Crippen LogP contribution in [0.3, 0.4) is 0 Å². The fourth-order valence-electron chi connectivity index (χ4n) is 1.40. The fourth-order valence-corrected chi connectivity index (χ4v) is 1.40. The molecule has 0 atom stereocenters. The highest BCUT2D eigenvalue weighted by Gasteiger charge is 2.02. The van der Waals surface area contributed by atoms with Crippen molar-refractivity contribution in [1.29, 1.82) is 0 Å². The zero-order valence-corrected chi connectivity index (χ0v) is 8.94. The predicted octanol–water partition coefficient (Wildman–Crippen LogP) is 2.54. The first-order valence-corrected chi connectivity index (χ1v) is 5.01. The Kier molecular flexibility index (Phi) is 3.10. The zero-order chi connectivity index (χ0) is 11.4. The van der Waals surface area contributed by atoms with Crippen LogP contribution in [0.4, 0.5) is 10.2 Å². The first kappa shape index (κ1) is 10.5. The molecule has 4 heteroatoms. The van der Waals surface area contributed by atoms with E-state index in [2.05, 4.69) is 15.3 Å². The number of hydrogen-bond donors (Lipinski definition) is 1. The number of rotatable bonds is 3. The second-order valence-corrected chi connectivity index (χ2v) is 3.49. The van der Waals surface area contributed by atoms with Gasteiger partial charge >= 0.3 is 0 Å².